The lowest BCUT2D eigenvalue weighted by atomic mass is 10.0. The van der Waals surface area contributed by atoms with Crippen LogP contribution in [0.3, 0.4) is 0 Å². The van der Waals surface area contributed by atoms with E-state index in [1.807, 2.05) is 39.1 Å². The van der Waals surface area contributed by atoms with E-state index in [1.54, 1.807) is 0 Å². The number of carbonyl (C=O) groups is 1. The molecule has 3 heteroatoms. The first kappa shape index (κ1) is 15.9. The molecule has 0 spiro atoms. The zero-order valence-electron chi connectivity index (χ0n) is 12.3. The maximum Gasteiger partial charge on any atom is 0.177 e. The highest BCUT2D eigenvalue weighted by Gasteiger charge is 2.11. The molecule has 0 radical (unpaired) electrons. The van der Waals surface area contributed by atoms with Gasteiger partial charge in [-0.15, -0.1) is 0 Å². The molecule has 1 N–H and O–H groups in total. The van der Waals surface area contributed by atoms with Crippen LogP contribution in [0.25, 0.3) is 0 Å². The Hall–Kier alpha value is -1.19. The predicted molar refractivity (Wildman–Crippen MR) is 78.7 cm³/mol. The molecule has 3 nitrogen and oxygen atoms in total. The first-order chi connectivity index (χ1) is 9.04. The fourth-order valence-electron chi connectivity index (χ4n) is 2.12. The summed E-state index contributed by atoms with van der Waals surface area (Å²) in [5.74, 6) is 0.186. The van der Waals surface area contributed by atoms with Crippen molar-refractivity contribution in [1.29, 1.82) is 0 Å². The van der Waals surface area contributed by atoms with Gasteiger partial charge in [0.15, 0.2) is 5.78 Å². The number of aliphatic hydroxyl groups excluding tert-OH is 1. The first-order valence-electron chi connectivity index (χ1n) is 6.94. The number of rotatable bonds is 8. The Balaban J connectivity index is 2.47. The van der Waals surface area contributed by atoms with E-state index in [-0.39, 0.29) is 12.4 Å². The topological polar surface area (TPSA) is 40.5 Å². The molecule has 0 bridgehead atoms. The molecule has 0 saturated carbocycles. The third-order valence-corrected chi connectivity index (χ3v) is 3.30. The minimum Gasteiger partial charge on any atom is -0.396 e. The van der Waals surface area contributed by atoms with Crippen molar-refractivity contribution in [3.05, 3.63) is 34.9 Å². The average molecular weight is 263 g/mol. The van der Waals surface area contributed by atoms with Crippen molar-refractivity contribution < 1.29 is 9.90 Å². The molecule has 19 heavy (non-hydrogen) atoms. The maximum absolute atomic E-state index is 12.2. The Morgan fingerprint density at radius 1 is 1.21 bits per heavy atom. The summed E-state index contributed by atoms with van der Waals surface area (Å²) in [5.41, 5.74) is 3.01. The normalized spacial score (nSPS) is 11.0. The lowest BCUT2D eigenvalue weighted by molar-refractivity contribution is 0.0944. The Morgan fingerprint density at radius 2 is 1.95 bits per heavy atom. The number of aliphatic hydroxyl groups is 1. The monoisotopic (exact) mass is 263 g/mol. The van der Waals surface area contributed by atoms with Gasteiger partial charge in [0, 0.05) is 12.2 Å². The van der Waals surface area contributed by atoms with Crippen LogP contribution in [0.1, 0.15) is 40.7 Å². The summed E-state index contributed by atoms with van der Waals surface area (Å²) >= 11 is 0. The van der Waals surface area contributed by atoms with Gasteiger partial charge in [0.1, 0.15) is 0 Å². The molecular weight excluding hydrogens is 238 g/mol. The van der Waals surface area contributed by atoms with Gasteiger partial charge in [-0.25, -0.2) is 0 Å². The Morgan fingerprint density at radius 3 is 2.63 bits per heavy atom. The minimum atomic E-state index is 0.186. The van der Waals surface area contributed by atoms with Crippen LogP contribution < -0.4 is 0 Å². The third kappa shape index (κ3) is 5.53. The molecule has 0 atom stereocenters. The van der Waals surface area contributed by atoms with Gasteiger partial charge in [0.2, 0.25) is 0 Å². The van der Waals surface area contributed by atoms with Crippen LogP contribution in [0.15, 0.2) is 18.2 Å². The van der Waals surface area contributed by atoms with Gasteiger partial charge >= 0.3 is 0 Å². The first-order valence-corrected chi connectivity index (χ1v) is 6.94. The summed E-state index contributed by atoms with van der Waals surface area (Å²) in [6.45, 7) is 5.61. The summed E-state index contributed by atoms with van der Waals surface area (Å²) in [4.78, 5) is 14.3. The Labute approximate surface area is 116 Å². The Kier molecular flexibility index (Phi) is 6.74. The molecule has 0 aromatic heterocycles. The number of nitrogens with zero attached hydrogens (tertiary/aromatic N) is 1. The molecule has 106 valence electrons. The highest BCUT2D eigenvalue weighted by atomic mass is 16.2. The van der Waals surface area contributed by atoms with Gasteiger partial charge in [0.05, 0.1) is 6.54 Å². The number of benzene rings is 1. The third-order valence-electron chi connectivity index (χ3n) is 3.30. The van der Waals surface area contributed by atoms with E-state index < -0.39 is 0 Å². The lowest BCUT2D eigenvalue weighted by Crippen LogP contribution is -2.27. The molecule has 1 aromatic rings. The fourth-order valence-corrected chi connectivity index (χ4v) is 2.12. The van der Waals surface area contributed by atoms with Crippen molar-refractivity contribution >= 4 is 5.78 Å². The summed E-state index contributed by atoms with van der Waals surface area (Å²) in [6.07, 6.45) is 2.88. The SMILES string of the molecule is Cc1ccc(C)c(C(=O)CN(C)CCCCCO)c1. The van der Waals surface area contributed by atoms with Crippen molar-refractivity contribution in [1.82, 2.24) is 4.90 Å². The number of unbranched alkanes of at least 4 members (excludes halogenated alkanes) is 2. The van der Waals surface area contributed by atoms with E-state index in [1.165, 1.54) is 0 Å². The molecule has 0 aliphatic rings. The van der Waals surface area contributed by atoms with Crippen molar-refractivity contribution in [2.75, 3.05) is 26.7 Å². The van der Waals surface area contributed by atoms with Crippen LogP contribution in [0.5, 0.6) is 0 Å². The van der Waals surface area contributed by atoms with Crippen molar-refractivity contribution in [2.24, 2.45) is 0 Å². The van der Waals surface area contributed by atoms with Gasteiger partial charge in [0.25, 0.3) is 0 Å². The van der Waals surface area contributed by atoms with Gasteiger partial charge in [-0.2, -0.15) is 0 Å². The molecular formula is C16H25NO2. The van der Waals surface area contributed by atoms with Crippen LogP contribution in [0, 0.1) is 13.8 Å². The molecule has 0 amide bonds. The molecule has 0 unspecified atom stereocenters. The Bertz CT molecular complexity index is 415. The molecule has 0 saturated heterocycles. The highest BCUT2D eigenvalue weighted by Crippen LogP contribution is 2.12. The molecule has 0 aliphatic carbocycles. The van der Waals surface area contributed by atoms with E-state index in [0.29, 0.717) is 6.54 Å². The van der Waals surface area contributed by atoms with Crippen LogP contribution in [0.4, 0.5) is 0 Å². The number of hydrogen-bond donors (Lipinski definition) is 1. The van der Waals surface area contributed by atoms with E-state index in [9.17, 15) is 4.79 Å². The second kappa shape index (κ2) is 8.08. The standard InChI is InChI=1S/C16H25NO2/c1-13-7-8-14(2)15(11-13)16(19)12-17(3)9-5-4-6-10-18/h7-8,11,18H,4-6,9-10,12H2,1-3H3. The van der Waals surface area contributed by atoms with Gasteiger partial charge in [-0.1, -0.05) is 17.7 Å². The van der Waals surface area contributed by atoms with E-state index in [0.717, 1.165) is 42.5 Å². The minimum absolute atomic E-state index is 0.186. The summed E-state index contributed by atoms with van der Waals surface area (Å²) < 4.78 is 0. The summed E-state index contributed by atoms with van der Waals surface area (Å²) in [7, 11) is 1.97. The van der Waals surface area contributed by atoms with Crippen molar-refractivity contribution in [3.8, 4) is 0 Å². The van der Waals surface area contributed by atoms with Gasteiger partial charge in [-0.3, -0.25) is 9.69 Å². The van der Waals surface area contributed by atoms with Crippen molar-refractivity contribution in [2.45, 2.75) is 33.1 Å². The maximum atomic E-state index is 12.2. The second-order valence-corrected chi connectivity index (χ2v) is 5.26. The number of likely N-dealkylation sites (N-methyl/N-ethyl adjacent to an activating group) is 1. The van der Waals surface area contributed by atoms with Crippen LogP contribution in [-0.4, -0.2) is 42.5 Å². The molecule has 0 heterocycles. The van der Waals surface area contributed by atoms with Crippen LogP contribution >= 0.6 is 0 Å². The zero-order valence-corrected chi connectivity index (χ0v) is 12.3. The van der Waals surface area contributed by atoms with Crippen molar-refractivity contribution in [3.63, 3.8) is 0 Å². The van der Waals surface area contributed by atoms with Gasteiger partial charge < -0.3 is 5.11 Å². The van der Waals surface area contributed by atoms with Crippen LogP contribution in [-0.2, 0) is 0 Å². The highest BCUT2D eigenvalue weighted by molar-refractivity contribution is 5.99. The largest absolute Gasteiger partial charge is 0.396 e. The fraction of sp³-hybridized carbons (Fsp3) is 0.562. The van der Waals surface area contributed by atoms with E-state index in [4.69, 9.17) is 5.11 Å². The van der Waals surface area contributed by atoms with Crippen LogP contribution in [0.2, 0.25) is 0 Å². The number of aryl methyl sites for hydroxylation is 2. The summed E-state index contributed by atoms with van der Waals surface area (Å²) in [5, 5.41) is 8.71. The predicted octanol–water partition coefficient (Wildman–Crippen LogP) is 2.58. The van der Waals surface area contributed by atoms with Gasteiger partial charge in [-0.05, 0) is 58.3 Å². The zero-order chi connectivity index (χ0) is 14.3. The average Bonchev–Trinajstić information content (AvgIpc) is 2.37. The number of hydrogen-bond acceptors (Lipinski definition) is 3. The summed E-state index contributed by atoms with van der Waals surface area (Å²) in [6, 6.07) is 6.01. The van der Waals surface area contributed by atoms with E-state index in [2.05, 4.69) is 4.90 Å². The molecule has 1 rings (SSSR count). The molecule has 0 aliphatic heterocycles. The number of Topliss-reactive ketones (excluding diaryl/α,β-unsaturated/α-hetero) is 1. The smallest absolute Gasteiger partial charge is 0.177 e. The molecule has 0 fully saturated rings. The molecule has 1 aromatic carbocycles. The second-order valence-electron chi connectivity index (χ2n) is 5.26. The quantitative estimate of drug-likeness (QED) is 0.579. The van der Waals surface area contributed by atoms with E-state index >= 15 is 0 Å². The number of ketones is 1. The number of carbonyl (C=O) groups excluding carboxylic acids is 1. The lowest BCUT2D eigenvalue weighted by Gasteiger charge is -2.16.